The third kappa shape index (κ3) is 3.53. The number of para-hydroxylation sites is 1. The van der Waals surface area contributed by atoms with Gasteiger partial charge in [0.05, 0.1) is 11.2 Å². The van der Waals surface area contributed by atoms with E-state index in [1.807, 2.05) is 37.3 Å². The number of hydrogen-bond donors (Lipinski definition) is 1. The lowest BCUT2D eigenvalue weighted by Gasteiger charge is -2.05. The van der Waals surface area contributed by atoms with Crippen LogP contribution >= 0.6 is 0 Å². The molecule has 6 heteroatoms. The number of nitrogens with zero attached hydrogens (tertiary/aromatic N) is 5. The van der Waals surface area contributed by atoms with Crippen molar-refractivity contribution in [3.05, 3.63) is 84.4 Å². The van der Waals surface area contributed by atoms with Gasteiger partial charge in [0.2, 0.25) is 0 Å². The molecule has 6 nitrogen and oxygen atoms in total. The molecule has 1 N–H and O–H groups in total. The van der Waals surface area contributed by atoms with Crippen molar-refractivity contribution in [3.8, 4) is 11.1 Å². The van der Waals surface area contributed by atoms with Crippen LogP contribution in [0.3, 0.4) is 0 Å². The van der Waals surface area contributed by atoms with Gasteiger partial charge in [-0.15, -0.1) is 10.2 Å². The zero-order valence-electron chi connectivity index (χ0n) is 17.4. The van der Waals surface area contributed by atoms with Crippen molar-refractivity contribution in [1.82, 2.24) is 19.7 Å². The van der Waals surface area contributed by atoms with Gasteiger partial charge in [-0.1, -0.05) is 72.8 Å². The fourth-order valence-corrected chi connectivity index (χ4v) is 3.80. The second kappa shape index (κ2) is 7.99. The number of aromatic nitrogens is 4. The predicted octanol–water partition coefficient (Wildman–Crippen LogP) is 5.50. The summed E-state index contributed by atoms with van der Waals surface area (Å²) in [6, 6.07) is 26.8. The van der Waals surface area contributed by atoms with E-state index in [4.69, 9.17) is 0 Å². The summed E-state index contributed by atoms with van der Waals surface area (Å²) < 4.78 is 2.14. The number of nitrogens with one attached hydrogen (secondary N) is 1. The zero-order chi connectivity index (χ0) is 21.2. The summed E-state index contributed by atoms with van der Waals surface area (Å²) in [5.41, 5.74) is 9.94. The van der Waals surface area contributed by atoms with E-state index < -0.39 is 0 Å². The molecule has 3 aromatic carbocycles. The van der Waals surface area contributed by atoms with Gasteiger partial charge in [0.1, 0.15) is 5.52 Å². The Bertz CT molecular complexity index is 1380. The van der Waals surface area contributed by atoms with Crippen molar-refractivity contribution in [2.45, 2.75) is 20.4 Å². The average Bonchev–Trinajstić information content (AvgIpc) is 3.16. The second-order valence-electron chi connectivity index (χ2n) is 7.32. The van der Waals surface area contributed by atoms with E-state index in [2.05, 4.69) is 85.7 Å². The van der Waals surface area contributed by atoms with Crippen LogP contribution < -0.4 is 5.43 Å². The summed E-state index contributed by atoms with van der Waals surface area (Å²) in [6.45, 7) is 4.86. The molecular formula is C25H22N6. The molecule has 0 atom stereocenters. The lowest BCUT2D eigenvalue weighted by atomic mass is 10.0. The highest BCUT2D eigenvalue weighted by molar-refractivity contribution is 6.04. The van der Waals surface area contributed by atoms with Crippen LogP contribution in [0.15, 0.2) is 84.0 Å². The fourth-order valence-electron chi connectivity index (χ4n) is 3.80. The van der Waals surface area contributed by atoms with Crippen LogP contribution in [0.25, 0.3) is 33.2 Å². The highest BCUT2D eigenvalue weighted by Gasteiger charge is 2.13. The molecule has 0 fully saturated rings. The summed E-state index contributed by atoms with van der Waals surface area (Å²) in [5, 5.41) is 14.2. The first-order valence-corrected chi connectivity index (χ1v) is 10.3. The Morgan fingerprint density at radius 2 is 1.58 bits per heavy atom. The lowest BCUT2D eigenvalue weighted by Crippen LogP contribution is -2.04. The molecule has 0 aliphatic carbocycles. The molecule has 0 bridgehead atoms. The number of hydrogen-bond acceptors (Lipinski definition) is 5. The van der Waals surface area contributed by atoms with E-state index in [1.165, 1.54) is 11.1 Å². The number of aryl methyl sites for hydroxylation is 1. The molecule has 31 heavy (non-hydrogen) atoms. The first-order chi connectivity index (χ1) is 15.2. The maximum atomic E-state index is 4.67. The van der Waals surface area contributed by atoms with Crippen LogP contribution in [0.5, 0.6) is 0 Å². The summed E-state index contributed by atoms with van der Waals surface area (Å²) in [5.74, 6) is 0.380. The molecule has 2 aromatic heterocycles. The highest BCUT2D eigenvalue weighted by Crippen LogP contribution is 2.26. The van der Waals surface area contributed by atoms with Crippen molar-refractivity contribution < 1.29 is 0 Å². The molecular weight excluding hydrogens is 384 g/mol. The average molecular weight is 406 g/mol. The van der Waals surface area contributed by atoms with E-state index >= 15 is 0 Å². The van der Waals surface area contributed by atoms with Crippen molar-refractivity contribution in [2.24, 2.45) is 5.10 Å². The lowest BCUT2D eigenvalue weighted by molar-refractivity contribution is 0.811. The van der Waals surface area contributed by atoms with Crippen LogP contribution in [0.4, 0.5) is 5.95 Å². The summed E-state index contributed by atoms with van der Waals surface area (Å²) in [6.07, 6.45) is 0. The molecule has 5 rings (SSSR count). The Kier molecular flexibility index (Phi) is 4.88. The summed E-state index contributed by atoms with van der Waals surface area (Å²) >= 11 is 0. The maximum Gasteiger partial charge on any atom is 0.265 e. The minimum atomic E-state index is 0.380. The monoisotopic (exact) mass is 406 g/mol. The predicted molar refractivity (Wildman–Crippen MR) is 126 cm³/mol. The number of hydrazone groups is 1. The zero-order valence-corrected chi connectivity index (χ0v) is 17.4. The van der Waals surface area contributed by atoms with Gasteiger partial charge < -0.3 is 4.57 Å². The Morgan fingerprint density at radius 1 is 0.871 bits per heavy atom. The first kappa shape index (κ1) is 18.9. The number of anilines is 1. The highest BCUT2D eigenvalue weighted by atomic mass is 15.4. The van der Waals surface area contributed by atoms with Crippen molar-refractivity contribution in [1.29, 1.82) is 0 Å². The molecule has 2 heterocycles. The van der Waals surface area contributed by atoms with Crippen LogP contribution in [-0.2, 0) is 6.54 Å². The number of rotatable bonds is 5. The van der Waals surface area contributed by atoms with Crippen LogP contribution in [-0.4, -0.2) is 25.5 Å². The molecule has 0 saturated carbocycles. The van der Waals surface area contributed by atoms with Crippen molar-refractivity contribution >= 4 is 33.7 Å². The number of fused-ring (bicyclic) bond motifs is 3. The number of benzene rings is 3. The standard InChI is InChI=1S/C25H22N6/c1-3-31-22-12-8-7-11-21(22)23-24(31)26-25(30-28-23)29-27-17(2)18-13-15-20(16-14-18)19-9-5-4-6-10-19/h4-16H,3H2,1-2H3,(H,26,29,30)/b27-17-. The van der Waals surface area contributed by atoms with Gasteiger partial charge in [0, 0.05) is 11.9 Å². The Morgan fingerprint density at radius 3 is 2.35 bits per heavy atom. The van der Waals surface area contributed by atoms with Gasteiger partial charge in [-0.05, 0) is 36.6 Å². The van der Waals surface area contributed by atoms with E-state index in [9.17, 15) is 0 Å². The smallest absolute Gasteiger partial charge is 0.265 e. The SMILES string of the molecule is CCn1c2ccccc2c2nnc(N/N=C(/C)c3ccc(-c4ccccc4)cc3)nc21. The van der Waals surface area contributed by atoms with Crippen LogP contribution in [0, 0.1) is 0 Å². The third-order valence-electron chi connectivity index (χ3n) is 5.42. The Balaban J connectivity index is 1.41. The minimum Gasteiger partial charge on any atom is -0.324 e. The molecule has 0 unspecified atom stereocenters. The van der Waals surface area contributed by atoms with E-state index in [0.29, 0.717) is 5.95 Å². The van der Waals surface area contributed by atoms with Gasteiger partial charge in [-0.3, -0.25) is 0 Å². The van der Waals surface area contributed by atoms with Crippen molar-refractivity contribution in [2.75, 3.05) is 5.43 Å². The quantitative estimate of drug-likeness (QED) is 0.309. The molecule has 5 aromatic rings. The normalized spacial score (nSPS) is 11.9. The summed E-state index contributed by atoms with van der Waals surface area (Å²) in [4.78, 5) is 4.67. The fraction of sp³-hybridized carbons (Fsp3) is 0.120. The van der Waals surface area contributed by atoms with Gasteiger partial charge in [-0.25, -0.2) is 5.43 Å². The molecule has 0 aliphatic rings. The largest absolute Gasteiger partial charge is 0.324 e. The van der Waals surface area contributed by atoms with Crippen molar-refractivity contribution in [3.63, 3.8) is 0 Å². The Labute approximate surface area is 180 Å². The van der Waals surface area contributed by atoms with E-state index in [0.717, 1.165) is 39.9 Å². The van der Waals surface area contributed by atoms with E-state index in [1.54, 1.807) is 0 Å². The second-order valence-corrected chi connectivity index (χ2v) is 7.32. The van der Waals surface area contributed by atoms with E-state index in [-0.39, 0.29) is 0 Å². The first-order valence-electron chi connectivity index (χ1n) is 10.3. The molecule has 0 radical (unpaired) electrons. The molecule has 152 valence electrons. The van der Waals surface area contributed by atoms with Gasteiger partial charge in [-0.2, -0.15) is 10.1 Å². The third-order valence-corrected chi connectivity index (χ3v) is 5.42. The van der Waals surface area contributed by atoms with Gasteiger partial charge >= 0.3 is 0 Å². The van der Waals surface area contributed by atoms with Gasteiger partial charge in [0.25, 0.3) is 5.95 Å². The Hall–Kier alpha value is -4.06. The minimum absolute atomic E-state index is 0.380. The van der Waals surface area contributed by atoms with Crippen LogP contribution in [0.1, 0.15) is 19.4 Å². The summed E-state index contributed by atoms with van der Waals surface area (Å²) in [7, 11) is 0. The molecule has 0 saturated heterocycles. The van der Waals surface area contributed by atoms with Gasteiger partial charge in [0.15, 0.2) is 5.65 Å². The molecule has 0 aliphatic heterocycles. The topological polar surface area (TPSA) is 68.0 Å². The maximum absolute atomic E-state index is 4.67. The van der Waals surface area contributed by atoms with Crippen LogP contribution in [0.2, 0.25) is 0 Å². The molecule has 0 spiro atoms. The molecule has 0 amide bonds.